The zero-order valence-electron chi connectivity index (χ0n) is 11.7. The van der Waals surface area contributed by atoms with Gasteiger partial charge < -0.3 is 5.32 Å². The Morgan fingerprint density at radius 3 is 2.65 bits per heavy atom. The number of nitrogens with one attached hydrogen (secondary N) is 2. The van der Waals surface area contributed by atoms with E-state index in [4.69, 9.17) is 0 Å². The summed E-state index contributed by atoms with van der Waals surface area (Å²) >= 11 is 3.27. The monoisotopic (exact) mass is 361 g/mol. The number of nitrogens with zero attached hydrogens (tertiary/aromatic N) is 1. The van der Waals surface area contributed by atoms with Crippen LogP contribution in [-0.4, -0.2) is 26.5 Å². The van der Waals surface area contributed by atoms with E-state index in [2.05, 4.69) is 31.0 Å². The third-order valence-electron chi connectivity index (χ3n) is 3.79. The van der Waals surface area contributed by atoms with Crippen LogP contribution in [0, 0.1) is 5.92 Å². The molecule has 0 radical (unpaired) electrons. The first-order valence-corrected chi connectivity index (χ1v) is 9.07. The minimum atomic E-state index is -3.57. The molecule has 1 fully saturated rings. The minimum absolute atomic E-state index is 0.0498. The van der Waals surface area contributed by atoms with Crippen LogP contribution in [0.25, 0.3) is 0 Å². The predicted octanol–water partition coefficient (Wildman–Crippen LogP) is 2.74. The van der Waals surface area contributed by atoms with Crippen molar-refractivity contribution in [3.05, 3.63) is 16.7 Å². The highest BCUT2D eigenvalue weighted by Crippen LogP contribution is 2.29. The number of aromatic nitrogens is 1. The Labute approximate surface area is 128 Å². The van der Waals surface area contributed by atoms with Crippen LogP contribution in [0.4, 0.5) is 5.82 Å². The van der Waals surface area contributed by atoms with Gasteiger partial charge in [0, 0.05) is 23.8 Å². The number of hydrogen-bond donors (Lipinski definition) is 2. The van der Waals surface area contributed by atoms with E-state index in [0.717, 1.165) is 12.8 Å². The first kappa shape index (κ1) is 15.7. The van der Waals surface area contributed by atoms with Gasteiger partial charge in [-0.3, -0.25) is 0 Å². The Balaban J connectivity index is 2.23. The summed E-state index contributed by atoms with van der Waals surface area (Å²) in [5.41, 5.74) is 0. The second-order valence-corrected chi connectivity index (χ2v) is 7.80. The Hall–Kier alpha value is -0.660. The lowest BCUT2D eigenvalue weighted by Gasteiger charge is -2.21. The van der Waals surface area contributed by atoms with Crippen LogP contribution in [0.2, 0.25) is 0 Å². The molecule has 0 saturated heterocycles. The van der Waals surface area contributed by atoms with Gasteiger partial charge in [0.1, 0.15) is 10.7 Å². The zero-order chi connectivity index (χ0) is 14.8. The van der Waals surface area contributed by atoms with Crippen molar-refractivity contribution in [1.82, 2.24) is 9.71 Å². The average Bonchev–Trinajstić information content (AvgIpc) is 2.92. The maximum atomic E-state index is 12.5. The summed E-state index contributed by atoms with van der Waals surface area (Å²) in [6, 6.07) is 1.52. The van der Waals surface area contributed by atoms with E-state index >= 15 is 0 Å². The largest absolute Gasteiger partial charge is 0.372 e. The molecule has 1 saturated carbocycles. The molecule has 2 rings (SSSR count). The van der Waals surface area contributed by atoms with E-state index in [0.29, 0.717) is 16.2 Å². The molecule has 5 nitrogen and oxygen atoms in total. The van der Waals surface area contributed by atoms with Crippen LogP contribution in [0.1, 0.15) is 32.6 Å². The lowest BCUT2D eigenvalue weighted by atomic mass is 10.0. The van der Waals surface area contributed by atoms with Crippen molar-refractivity contribution in [2.24, 2.45) is 5.92 Å². The Morgan fingerprint density at radius 1 is 1.40 bits per heavy atom. The van der Waals surface area contributed by atoms with Crippen molar-refractivity contribution >= 4 is 31.8 Å². The SMILES string of the molecule is CNc1ncc(Br)cc1S(=O)(=O)NC(C)C1CCCC1. The fraction of sp³-hybridized carbons (Fsp3) is 0.615. The molecule has 0 aromatic carbocycles. The standard InChI is InChI=1S/C13H20BrN3O2S/c1-9(10-5-3-4-6-10)17-20(18,19)12-7-11(14)8-16-13(12)15-2/h7-10,17H,3-6H2,1-2H3,(H,15,16). The van der Waals surface area contributed by atoms with E-state index in [1.165, 1.54) is 12.8 Å². The Morgan fingerprint density at radius 2 is 2.05 bits per heavy atom. The van der Waals surface area contributed by atoms with Crippen LogP contribution >= 0.6 is 15.9 Å². The number of rotatable bonds is 5. The molecule has 112 valence electrons. The molecular formula is C13H20BrN3O2S. The molecule has 7 heteroatoms. The normalized spacial score (nSPS) is 18.1. The highest BCUT2D eigenvalue weighted by Gasteiger charge is 2.27. The molecule has 1 aliphatic rings. The van der Waals surface area contributed by atoms with E-state index < -0.39 is 10.0 Å². The topological polar surface area (TPSA) is 71.1 Å². The lowest BCUT2D eigenvalue weighted by molar-refractivity contribution is 0.424. The molecule has 1 aromatic heterocycles. The van der Waals surface area contributed by atoms with Gasteiger partial charge in [-0.1, -0.05) is 12.8 Å². The molecule has 20 heavy (non-hydrogen) atoms. The molecular weight excluding hydrogens is 342 g/mol. The third-order valence-corrected chi connectivity index (χ3v) is 5.80. The summed E-state index contributed by atoms with van der Waals surface area (Å²) in [6.07, 6.45) is 6.15. The highest BCUT2D eigenvalue weighted by molar-refractivity contribution is 9.10. The zero-order valence-corrected chi connectivity index (χ0v) is 14.1. The van der Waals surface area contributed by atoms with Crippen LogP contribution in [-0.2, 0) is 10.0 Å². The summed E-state index contributed by atoms with van der Waals surface area (Å²) in [5, 5.41) is 2.82. The van der Waals surface area contributed by atoms with Gasteiger partial charge in [0.05, 0.1) is 0 Å². The molecule has 0 amide bonds. The molecule has 0 aliphatic heterocycles. The average molecular weight is 362 g/mol. The second kappa shape index (κ2) is 6.41. The van der Waals surface area contributed by atoms with Gasteiger partial charge in [-0.25, -0.2) is 18.1 Å². The second-order valence-electron chi connectivity index (χ2n) is 5.20. The van der Waals surface area contributed by atoms with Gasteiger partial charge in [-0.05, 0) is 47.7 Å². The molecule has 1 atom stereocenters. The number of sulfonamides is 1. The summed E-state index contributed by atoms with van der Waals surface area (Å²) in [5.74, 6) is 0.794. The van der Waals surface area contributed by atoms with Gasteiger partial charge in [-0.2, -0.15) is 0 Å². The molecule has 0 bridgehead atoms. The maximum absolute atomic E-state index is 12.5. The Bertz CT molecular complexity index is 571. The number of pyridine rings is 1. The molecule has 1 aromatic rings. The molecule has 1 unspecified atom stereocenters. The van der Waals surface area contributed by atoms with Crippen molar-refractivity contribution in [3.8, 4) is 0 Å². The van der Waals surface area contributed by atoms with Crippen LogP contribution < -0.4 is 10.0 Å². The summed E-state index contributed by atoms with van der Waals surface area (Å²) in [6.45, 7) is 1.94. The number of hydrogen-bond acceptors (Lipinski definition) is 4. The van der Waals surface area contributed by atoms with Crippen molar-refractivity contribution < 1.29 is 8.42 Å². The fourth-order valence-electron chi connectivity index (χ4n) is 2.68. The third kappa shape index (κ3) is 3.51. The van der Waals surface area contributed by atoms with Crippen molar-refractivity contribution in [3.63, 3.8) is 0 Å². The van der Waals surface area contributed by atoms with Gasteiger partial charge in [0.25, 0.3) is 0 Å². The van der Waals surface area contributed by atoms with Crippen molar-refractivity contribution in [1.29, 1.82) is 0 Å². The van der Waals surface area contributed by atoms with Gasteiger partial charge in [-0.15, -0.1) is 0 Å². The summed E-state index contributed by atoms with van der Waals surface area (Å²) in [7, 11) is -1.90. The molecule has 0 spiro atoms. The smallest absolute Gasteiger partial charge is 0.244 e. The summed E-state index contributed by atoms with van der Waals surface area (Å²) in [4.78, 5) is 4.27. The molecule has 1 aliphatic carbocycles. The van der Waals surface area contributed by atoms with E-state index in [9.17, 15) is 8.42 Å². The van der Waals surface area contributed by atoms with E-state index in [1.54, 1.807) is 19.3 Å². The first-order valence-electron chi connectivity index (χ1n) is 6.79. The van der Waals surface area contributed by atoms with Crippen molar-refractivity contribution in [2.75, 3.05) is 12.4 Å². The van der Waals surface area contributed by atoms with Crippen LogP contribution in [0.3, 0.4) is 0 Å². The van der Waals surface area contributed by atoms with Crippen LogP contribution in [0.15, 0.2) is 21.6 Å². The summed E-state index contributed by atoms with van der Waals surface area (Å²) < 4.78 is 28.5. The van der Waals surface area contributed by atoms with Gasteiger partial charge in [0.2, 0.25) is 10.0 Å². The predicted molar refractivity (Wildman–Crippen MR) is 83.2 cm³/mol. The highest BCUT2D eigenvalue weighted by atomic mass is 79.9. The fourth-order valence-corrected chi connectivity index (χ4v) is 4.66. The quantitative estimate of drug-likeness (QED) is 0.845. The van der Waals surface area contributed by atoms with Crippen molar-refractivity contribution in [2.45, 2.75) is 43.5 Å². The number of anilines is 1. The van der Waals surface area contributed by atoms with Gasteiger partial charge >= 0.3 is 0 Å². The molecule has 2 N–H and O–H groups in total. The molecule has 1 heterocycles. The minimum Gasteiger partial charge on any atom is -0.372 e. The van der Waals surface area contributed by atoms with E-state index in [-0.39, 0.29) is 10.9 Å². The first-order chi connectivity index (χ1) is 9.44. The Kier molecular flexibility index (Phi) is 5.04. The maximum Gasteiger partial charge on any atom is 0.244 e. The van der Waals surface area contributed by atoms with Gasteiger partial charge in [0.15, 0.2) is 0 Å². The van der Waals surface area contributed by atoms with Crippen LogP contribution in [0.5, 0.6) is 0 Å². The lowest BCUT2D eigenvalue weighted by Crippen LogP contribution is -2.37. The van der Waals surface area contributed by atoms with E-state index in [1.807, 2.05) is 6.92 Å². The number of halogens is 1.